The second kappa shape index (κ2) is 12.3. The summed E-state index contributed by atoms with van der Waals surface area (Å²) in [4.78, 5) is 12.9. The van der Waals surface area contributed by atoms with E-state index >= 15 is 0 Å². The van der Waals surface area contributed by atoms with Crippen LogP contribution in [0.3, 0.4) is 0 Å². The van der Waals surface area contributed by atoms with Gasteiger partial charge in [0.15, 0.2) is 5.78 Å². The van der Waals surface area contributed by atoms with E-state index in [-0.39, 0.29) is 33.4 Å². The van der Waals surface area contributed by atoms with Gasteiger partial charge in [0.25, 0.3) is 0 Å². The SMILES string of the molecule is C=CC(=O)Cc1c(C(C)c2cc(C(C)(C)CC)cc(C(C)(C)CC)c2O)cc(C(C)(C)CC)cc1C(C)(C)CC. The predicted molar refractivity (Wildman–Crippen MR) is 174 cm³/mol. The van der Waals surface area contributed by atoms with Crippen molar-refractivity contribution in [3.8, 4) is 5.75 Å². The summed E-state index contributed by atoms with van der Waals surface area (Å²) in [5, 5.41) is 11.9. The summed E-state index contributed by atoms with van der Waals surface area (Å²) in [6.07, 6.45) is 5.68. The van der Waals surface area contributed by atoms with Crippen LogP contribution in [0.4, 0.5) is 0 Å². The molecule has 0 radical (unpaired) electrons. The minimum absolute atomic E-state index is 0.0164. The summed E-state index contributed by atoms with van der Waals surface area (Å²) in [5.74, 6) is 0.333. The molecule has 0 aliphatic heterocycles. The number of benzene rings is 2. The Morgan fingerprint density at radius 1 is 0.725 bits per heavy atom. The topological polar surface area (TPSA) is 37.3 Å². The lowest BCUT2D eigenvalue weighted by Gasteiger charge is -2.35. The smallest absolute Gasteiger partial charge is 0.159 e. The number of phenolic OH excluding ortho intramolecular Hbond substituents is 1. The van der Waals surface area contributed by atoms with Gasteiger partial charge >= 0.3 is 0 Å². The van der Waals surface area contributed by atoms with Gasteiger partial charge in [0, 0.05) is 23.5 Å². The minimum Gasteiger partial charge on any atom is -0.507 e. The fourth-order valence-corrected chi connectivity index (χ4v) is 5.37. The van der Waals surface area contributed by atoms with Gasteiger partial charge in [-0.15, -0.1) is 0 Å². The summed E-state index contributed by atoms with van der Waals surface area (Å²) in [6.45, 7) is 33.1. The Bertz CT molecular complexity index is 1220. The molecule has 0 aliphatic carbocycles. The molecule has 1 atom stereocenters. The number of phenols is 1. The number of ketones is 1. The van der Waals surface area contributed by atoms with Crippen molar-refractivity contribution < 1.29 is 9.90 Å². The highest BCUT2D eigenvalue weighted by Gasteiger charge is 2.33. The molecule has 0 aromatic heterocycles. The van der Waals surface area contributed by atoms with E-state index in [9.17, 15) is 9.90 Å². The standard InChI is InChI=1S/C38H58O2/c1-15-28(39)24-31-29(20-26(35(7,8)16-2)22-32(31)37(11,12)18-4)25(6)30-21-27(36(9,10)17-3)23-33(34(30)40)38(13,14)19-5/h15,20-23,25,40H,1,16-19,24H2,2-14H3. The van der Waals surface area contributed by atoms with Gasteiger partial charge in [-0.25, -0.2) is 0 Å². The van der Waals surface area contributed by atoms with E-state index in [1.807, 2.05) is 0 Å². The maximum absolute atomic E-state index is 12.9. The molecule has 2 aromatic rings. The number of hydrogen-bond acceptors (Lipinski definition) is 2. The van der Waals surface area contributed by atoms with Crippen molar-refractivity contribution in [1.29, 1.82) is 0 Å². The molecule has 0 amide bonds. The number of carbonyl (C=O) groups is 1. The van der Waals surface area contributed by atoms with E-state index < -0.39 is 0 Å². The van der Waals surface area contributed by atoms with Gasteiger partial charge in [-0.05, 0) is 81.2 Å². The molecule has 0 saturated carbocycles. The molecule has 40 heavy (non-hydrogen) atoms. The first kappa shape index (κ1) is 33.9. The first-order chi connectivity index (χ1) is 18.3. The Kier molecular flexibility index (Phi) is 10.4. The van der Waals surface area contributed by atoms with E-state index in [0.29, 0.717) is 12.2 Å². The molecule has 0 bridgehead atoms. The molecule has 2 aromatic carbocycles. The van der Waals surface area contributed by atoms with Crippen molar-refractivity contribution in [3.63, 3.8) is 0 Å². The number of allylic oxidation sites excluding steroid dienone is 1. The third kappa shape index (κ3) is 6.75. The molecular weight excluding hydrogens is 488 g/mol. The van der Waals surface area contributed by atoms with Gasteiger partial charge in [0.1, 0.15) is 5.75 Å². The van der Waals surface area contributed by atoms with Crippen LogP contribution in [-0.2, 0) is 32.9 Å². The van der Waals surface area contributed by atoms with Crippen LogP contribution in [-0.4, -0.2) is 10.9 Å². The van der Waals surface area contributed by atoms with E-state index in [2.05, 4.69) is 121 Å². The summed E-state index contributed by atoms with van der Waals surface area (Å²) >= 11 is 0. The van der Waals surface area contributed by atoms with Crippen LogP contribution in [0.2, 0.25) is 0 Å². The molecule has 2 heteroatoms. The Hall–Kier alpha value is -2.35. The van der Waals surface area contributed by atoms with Crippen LogP contribution in [0, 0.1) is 0 Å². The van der Waals surface area contributed by atoms with Crippen LogP contribution >= 0.6 is 0 Å². The fraction of sp³-hybridized carbons (Fsp3) is 0.605. The molecule has 1 N–H and O–H groups in total. The van der Waals surface area contributed by atoms with Crippen molar-refractivity contribution in [2.75, 3.05) is 0 Å². The van der Waals surface area contributed by atoms with Crippen LogP contribution < -0.4 is 0 Å². The lowest BCUT2D eigenvalue weighted by Crippen LogP contribution is -2.25. The highest BCUT2D eigenvalue weighted by Crippen LogP contribution is 2.46. The Balaban J connectivity index is 3.10. The molecule has 0 heterocycles. The maximum atomic E-state index is 12.9. The summed E-state index contributed by atoms with van der Waals surface area (Å²) in [6, 6.07) is 9.16. The molecule has 0 aliphatic rings. The zero-order valence-electron chi connectivity index (χ0n) is 28.1. The van der Waals surface area contributed by atoms with Crippen LogP contribution in [0.15, 0.2) is 36.9 Å². The van der Waals surface area contributed by atoms with Crippen LogP contribution in [0.5, 0.6) is 5.75 Å². The molecule has 2 rings (SSSR count). The van der Waals surface area contributed by atoms with Gasteiger partial charge in [-0.3, -0.25) is 4.79 Å². The number of hydrogen-bond donors (Lipinski definition) is 1. The van der Waals surface area contributed by atoms with Gasteiger partial charge in [-0.1, -0.05) is 121 Å². The molecule has 2 nitrogen and oxygen atoms in total. The number of carbonyl (C=O) groups excluding carboxylic acids is 1. The zero-order chi connectivity index (χ0) is 30.8. The average molecular weight is 547 g/mol. The van der Waals surface area contributed by atoms with E-state index in [1.165, 1.54) is 22.8 Å². The van der Waals surface area contributed by atoms with Crippen LogP contribution in [0.1, 0.15) is 161 Å². The van der Waals surface area contributed by atoms with Crippen molar-refractivity contribution in [3.05, 3.63) is 75.9 Å². The van der Waals surface area contributed by atoms with E-state index in [1.54, 1.807) is 0 Å². The molecule has 0 fully saturated rings. The highest BCUT2D eigenvalue weighted by molar-refractivity contribution is 5.91. The number of aromatic hydroxyl groups is 1. The van der Waals surface area contributed by atoms with Gasteiger partial charge < -0.3 is 5.11 Å². The first-order valence-corrected chi connectivity index (χ1v) is 15.5. The second-order valence-corrected chi connectivity index (χ2v) is 14.6. The predicted octanol–water partition coefficient (Wildman–Crippen LogP) is 10.6. The molecular formula is C38H58O2. The Morgan fingerprint density at radius 3 is 1.55 bits per heavy atom. The largest absolute Gasteiger partial charge is 0.507 e. The lowest BCUT2D eigenvalue weighted by atomic mass is 9.70. The molecule has 1 unspecified atom stereocenters. The Morgan fingerprint density at radius 2 is 1.12 bits per heavy atom. The molecule has 0 spiro atoms. The van der Waals surface area contributed by atoms with Gasteiger partial charge in [-0.2, -0.15) is 0 Å². The second-order valence-electron chi connectivity index (χ2n) is 14.6. The Labute approximate surface area is 246 Å². The normalized spacial score (nSPS) is 13.8. The monoisotopic (exact) mass is 546 g/mol. The third-order valence-corrected chi connectivity index (χ3v) is 10.5. The van der Waals surface area contributed by atoms with Crippen molar-refractivity contribution >= 4 is 5.78 Å². The van der Waals surface area contributed by atoms with Gasteiger partial charge in [0.05, 0.1) is 0 Å². The van der Waals surface area contributed by atoms with Crippen molar-refractivity contribution in [2.24, 2.45) is 0 Å². The lowest BCUT2D eigenvalue weighted by molar-refractivity contribution is -0.114. The fourth-order valence-electron chi connectivity index (χ4n) is 5.37. The number of rotatable bonds is 13. The van der Waals surface area contributed by atoms with E-state index in [0.717, 1.165) is 47.9 Å². The van der Waals surface area contributed by atoms with Crippen LogP contribution in [0.25, 0.3) is 0 Å². The van der Waals surface area contributed by atoms with E-state index in [4.69, 9.17) is 0 Å². The summed E-state index contributed by atoms with van der Waals surface area (Å²) in [5.41, 5.74) is 7.69. The van der Waals surface area contributed by atoms with Gasteiger partial charge in [0.2, 0.25) is 0 Å². The highest BCUT2D eigenvalue weighted by atomic mass is 16.3. The molecule has 222 valence electrons. The van der Waals surface area contributed by atoms with Crippen molar-refractivity contribution in [2.45, 2.75) is 150 Å². The average Bonchev–Trinajstić information content (AvgIpc) is 2.92. The quantitative estimate of drug-likeness (QED) is 0.254. The minimum atomic E-state index is -0.165. The molecule has 0 saturated heterocycles. The summed E-state index contributed by atoms with van der Waals surface area (Å²) in [7, 11) is 0. The van der Waals surface area contributed by atoms with Crippen molar-refractivity contribution in [1.82, 2.24) is 0 Å². The summed E-state index contributed by atoms with van der Waals surface area (Å²) < 4.78 is 0. The zero-order valence-corrected chi connectivity index (χ0v) is 28.1. The first-order valence-electron chi connectivity index (χ1n) is 15.5. The maximum Gasteiger partial charge on any atom is 0.159 e. The third-order valence-electron chi connectivity index (χ3n) is 10.5.